The Morgan fingerprint density at radius 2 is 1.93 bits per heavy atom. The van der Waals surface area contributed by atoms with Gasteiger partial charge in [0, 0.05) is 19.5 Å². The van der Waals surface area contributed by atoms with Gasteiger partial charge >= 0.3 is 0 Å². The number of rotatable bonds is 7. The Labute approximate surface area is 165 Å². The summed E-state index contributed by atoms with van der Waals surface area (Å²) < 4.78 is 17.7. The number of aromatic nitrogens is 1. The lowest BCUT2D eigenvalue weighted by molar-refractivity contribution is 0.164. The molecule has 0 fully saturated rings. The van der Waals surface area contributed by atoms with E-state index < -0.39 is 0 Å². The number of ether oxygens (including phenoxy) is 2. The molecule has 3 aromatic rings. The first-order valence-electron chi connectivity index (χ1n) is 9.75. The maximum Gasteiger partial charge on any atom is 0.230 e. The van der Waals surface area contributed by atoms with Crippen molar-refractivity contribution in [3.05, 3.63) is 65.5 Å². The molecule has 1 aromatic heterocycles. The highest BCUT2D eigenvalue weighted by Crippen LogP contribution is 2.31. The fourth-order valence-corrected chi connectivity index (χ4v) is 3.64. The van der Waals surface area contributed by atoms with E-state index in [1.54, 1.807) is 0 Å². The highest BCUT2D eigenvalue weighted by atomic mass is 16.5. The molecular weight excluding hydrogens is 352 g/mol. The maximum absolute atomic E-state index is 6.06. The normalized spacial score (nSPS) is 15.5. The predicted octanol–water partition coefficient (Wildman–Crippen LogP) is 4.48. The molecule has 5 nitrogen and oxygen atoms in total. The molecule has 4 rings (SSSR count). The standard InChI is InChI=1S/C23H26N2O3/c1-4-26-22-12-8-6-10-19(22)23-24-20(16(2)27-23)15-25(3)14-18-13-17-9-5-7-11-21(17)28-18/h5-12,18H,4,13-15H2,1-3H3/t18-/m1/s1. The second-order valence-corrected chi connectivity index (χ2v) is 7.20. The van der Waals surface area contributed by atoms with Crippen LogP contribution in [0.25, 0.3) is 11.5 Å². The van der Waals surface area contributed by atoms with Crippen molar-refractivity contribution in [2.45, 2.75) is 32.9 Å². The van der Waals surface area contributed by atoms with Gasteiger partial charge in [0.15, 0.2) is 0 Å². The van der Waals surface area contributed by atoms with Crippen LogP contribution in [0, 0.1) is 6.92 Å². The van der Waals surface area contributed by atoms with Crippen LogP contribution in [0.1, 0.15) is 23.9 Å². The molecule has 1 aliphatic rings. The topological polar surface area (TPSA) is 47.7 Å². The van der Waals surface area contributed by atoms with Crippen molar-refractivity contribution < 1.29 is 13.9 Å². The number of hydrogen-bond donors (Lipinski definition) is 0. The lowest BCUT2D eigenvalue weighted by Gasteiger charge is -2.19. The molecule has 0 radical (unpaired) electrons. The third-order valence-corrected chi connectivity index (χ3v) is 4.96. The average Bonchev–Trinajstić information content (AvgIpc) is 3.25. The van der Waals surface area contributed by atoms with Gasteiger partial charge in [-0.2, -0.15) is 0 Å². The number of fused-ring (bicyclic) bond motifs is 1. The van der Waals surface area contributed by atoms with Crippen LogP contribution in [0.4, 0.5) is 0 Å². The summed E-state index contributed by atoms with van der Waals surface area (Å²) in [5.74, 6) is 3.25. The molecule has 1 aliphatic heterocycles. The van der Waals surface area contributed by atoms with Crippen molar-refractivity contribution in [3.8, 4) is 23.0 Å². The van der Waals surface area contributed by atoms with Crippen molar-refractivity contribution in [2.24, 2.45) is 0 Å². The van der Waals surface area contributed by atoms with E-state index in [0.29, 0.717) is 19.0 Å². The zero-order chi connectivity index (χ0) is 19.5. The molecule has 28 heavy (non-hydrogen) atoms. The molecule has 2 heterocycles. The van der Waals surface area contributed by atoms with Gasteiger partial charge in [0.25, 0.3) is 0 Å². The summed E-state index contributed by atoms with van der Waals surface area (Å²) in [4.78, 5) is 6.98. The van der Waals surface area contributed by atoms with Crippen LogP contribution in [0.3, 0.4) is 0 Å². The minimum absolute atomic E-state index is 0.174. The second kappa shape index (κ2) is 8.07. The first kappa shape index (κ1) is 18.6. The summed E-state index contributed by atoms with van der Waals surface area (Å²) in [6.45, 7) is 6.09. The van der Waals surface area contributed by atoms with Gasteiger partial charge in [0.2, 0.25) is 5.89 Å². The Morgan fingerprint density at radius 3 is 2.75 bits per heavy atom. The number of benzene rings is 2. The second-order valence-electron chi connectivity index (χ2n) is 7.20. The number of likely N-dealkylation sites (N-methyl/N-ethyl adjacent to an activating group) is 1. The van der Waals surface area contributed by atoms with Crippen LogP contribution in [-0.2, 0) is 13.0 Å². The number of nitrogens with zero attached hydrogens (tertiary/aromatic N) is 2. The van der Waals surface area contributed by atoms with Gasteiger partial charge < -0.3 is 13.9 Å². The van der Waals surface area contributed by atoms with Gasteiger partial charge in [-0.1, -0.05) is 30.3 Å². The molecule has 0 unspecified atom stereocenters. The van der Waals surface area contributed by atoms with Crippen molar-refractivity contribution in [1.29, 1.82) is 0 Å². The Hall–Kier alpha value is -2.79. The maximum atomic E-state index is 6.06. The minimum atomic E-state index is 0.174. The fraction of sp³-hybridized carbons (Fsp3) is 0.348. The molecule has 146 valence electrons. The molecule has 2 aromatic carbocycles. The van der Waals surface area contributed by atoms with Crippen LogP contribution in [-0.4, -0.2) is 36.2 Å². The summed E-state index contributed by atoms with van der Waals surface area (Å²) in [5, 5.41) is 0. The van der Waals surface area contributed by atoms with E-state index in [2.05, 4.69) is 24.1 Å². The molecule has 0 N–H and O–H groups in total. The average molecular weight is 378 g/mol. The van der Waals surface area contributed by atoms with Crippen LogP contribution in [0.15, 0.2) is 52.9 Å². The quantitative estimate of drug-likeness (QED) is 0.606. The number of oxazole rings is 1. The van der Waals surface area contributed by atoms with Gasteiger partial charge in [0.05, 0.1) is 17.9 Å². The zero-order valence-corrected chi connectivity index (χ0v) is 16.6. The first-order chi connectivity index (χ1) is 13.6. The van der Waals surface area contributed by atoms with Gasteiger partial charge in [-0.05, 0) is 44.7 Å². The van der Waals surface area contributed by atoms with E-state index in [0.717, 1.165) is 41.5 Å². The summed E-state index contributed by atoms with van der Waals surface area (Å²) in [6, 6.07) is 16.1. The van der Waals surface area contributed by atoms with Crippen LogP contribution < -0.4 is 9.47 Å². The molecule has 0 saturated heterocycles. The highest BCUT2D eigenvalue weighted by molar-refractivity contribution is 5.63. The van der Waals surface area contributed by atoms with Crippen molar-refractivity contribution >= 4 is 0 Å². The third kappa shape index (κ3) is 3.90. The lowest BCUT2D eigenvalue weighted by Crippen LogP contribution is -2.31. The molecule has 0 bridgehead atoms. The Kier molecular flexibility index (Phi) is 5.35. The van der Waals surface area contributed by atoms with Gasteiger partial charge in [-0.25, -0.2) is 4.98 Å². The van der Waals surface area contributed by atoms with Crippen LogP contribution in [0.2, 0.25) is 0 Å². The largest absolute Gasteiger partial charge is 0.493 e. The summed E-state index contributed by atoms with van der Waals surface area (Å²) in [5.41, 5.74) is 3.11. The summed E-state index contributed by atoms with van der Waals surface area (Å²) in [7, 11) is 2.09. The molecule has 0 saturated carbocycles. The van der Waals surface area contributed by atoms with E-state index in [1.165, 1.54) is 5.56 Å². The number of hydrogen-bond acceptors (Lipinski definition) is 5. The molecule has 0 spiro atoms. The number of para-hydroxylation sites is 2. The Bertz CT molecular complexity index is 926. The predicted molar refractivity (Wildman–Crippen MR) is 109 cm³/mol. The Balaban J connectivity index is 1.43. The summed E-state index contributed by atoms with van der Waals surface area (Å²) >= 11 is 0. The molecule has 1 atom stereocenters. The van der Waals surface area contributed by atoms with E-state index in [1.807, 2.05) is 50.2 Å². The fourth-order valence-electron chi connectivity index (χ4n) is 3.64. The van der Waals surface area contributed by atoms with E-state index in [9.17, 15) is 0 Å². The number of aryl methyl sites for hydroxylation is 1. The third-order valence-electron chi connectivity index (χ3n) is 4.96. The van der Waals surface area contributed by atoms with Crippen LogP contribution >= 0.6 is 0 Å². The first-order valence-corrected chi connectivity index (χ1v) is 9.75. The molecule has 5 heteroatoms. The zero-order valence-electron chi connectivity index (χ0n) is 16.6. The molecule has 0 aliphatic carbocycles. The molecule has 0 amide bonds. The van der Waals surface area contributed by atoms with Gasteiger partial charge in [-0.3, -0.25) is 4.90 Å². The van der Waals surface area contributed by atoms with Crippen molar-refractivity contribution in [1.82, 2.24) is 9.88 Å². The smallest absolute Gasteiger partial charge is 0.230 e. The van der Waals surface area contributed by atoms with Gasteiger partial charge in [0.1, 0.15) is 23.4 Å². The monoisotopic (exact) mass is 378 g/mol. The lowest BCUT2D eigenvalue weighted by atomic mass is 10.1. The Morgan fingerprint density at radius 1 is 1.14 bits per heavy atom. The van der Waals surface area contributed by atoms with E-state index in [4.69, 9.17) is 18.9 Å². The highest BCUT2D eigenvalue weighted by Gasteiger charge is 2.24. The van der Waals surface area contributed by atoms with Gasteiger partial charge in [-0.15, -0.1) is 0 Å². The van der Waals surface area contributed by atoms with Crippen molar-refractivity contribution in [3.63, 3.8) is 0 Å². The summed E-state index contributed by atoms with van der Waals surface area (Å²) in [6.07, 6.45) is 1.12. The molecular formula is C23H26N2O3. The van der Waals surface area contributed by atoms with E-state index >= 15 is 0 Å². The van der Waals surface area contributed by atoms with Crippen LogP contribution in [0.5, 0.6) is 11.5 Å². The SMILES string of the molecule is CCOc1ccccc1-c1nc(CN(C)C[C@H]2Cc3ccccc3O2)c(C)o1. The van der Waals surface area contributed by atoms with Crippen molar-refractivity contribution in [2.75, 3.05) is 20.2 Å². The van der Waals surface area contributed by atoms with E-state index in [-0.39, 0.29) is 6.10 Å². The minimum Gasteiger partial charge on any atom is -0.493 e.